The van der Waals surface area contributed by atoms with Crippen molar-refractivity contribution in [2.75, 3.05) is 40.9 Å². The fraction of sp³-hybridized carbons (Fsp3) is 0.677. The van der Waals surface area contributed by atoms with Gasteiger partial charge in [0.2, 0.25) is 5.91 Å². The smallest absolute Gasteiger partial charge is 0.456 e. The number of nitrogens with one attached hydrogen (secondary N) is 1. The van der Waals surface area contributed by atoms with E-state index in [0.29, 0.717) is 23.9 Å². The number of carbonyl (C=O) groups excluding carboxylic acids is 2. The largest absolute Gasteiger partial charge is 0.472 e. The predicted octanol–water partition coefficient (Wildman–Crippen LogP) is 17.4. The number of unbranched alkanes of at least 4 members (excludes halogenated alkanes) is 20. The molecular formula is C62H108N2O7P+. The summed E-state index contributed by atoms with van der Waals surface area (Å²) in [6.07, 6.45) is 69.4. The van der Waals surface area contributed by atoms with Crippen LogP contribution in [0.3, 0.4) is 0 Å². The molecule has 0 saturated carbocycles. The molecule has 0 aromatic rings. The molecule has 0 saturated heterocycles. The summed E-state index contributed by atoms with van der Waals surface area (Å²) in [5, 5.41) is 3.02. The van der Waals surface area contributed by atoms with Crippen LogP contribution < -0.4 is 5.32 Å². The first kappa shape index (κ1) is 68.7. The number of hydrogen-bond donors (Lipinski definition) is 2. The van der Waals surface area contributed by atoms with Crippen molar-refractivity contribution in [2.24, 2.45) is 0 Å². The maximum Gasteiger partial charge on any atom is 0.472 e. The van der Waals surface area contributed by atoms with Gasteiger partial charge in [-0.1, -0.05) is 220 Å². The van der Waals surface area contributed by atoms with E-state index >= 15 is 0 Å². The molecule has 9 nitrogen and oxygen atoms in total. The van der Waals surface area contributed by atoms with Gasteiger partial charge in [-0.3, -0.25) is 18.6 Å². The Kier molecular flexibility index (Phi) is 48.8. The van der Waals surface area contributed by atoms with Crippen LogP contribution >= 0.6 is 7.82 Å². The van der Waals surface area contributed by atoms with Gasteiger partial charge >= 0.3 is 13.8 Å². The molecule has 10 heteroatoms. The number of ether oxygens (including phenoxy) is 1. The molecule has 1 amide bonds. The van der Waals surface area contributed by atoms with Crippen LogP contribution in [0.1, 0.15) is 220 Å². The average molecular weight is 1020 g/mol. The number of phosphoric acid groups is 1. The Morgan fingerprint density at radius 1 is 0.514 bits per heavy atom. The van der Waals surface area contributed by atoms with Crippen molar-refractivity contribution < 1.29 is 37.3 Å². The highest BCUT2D eigenvalue weighted by atomic mass is 31.2. The number of nitrogens with zero attached hydrogens (tertiary/aromatic N) is 1. The van der Waals surface area contributed by atoms with Gasteiger partial charge in [0.15, 0.2) is 0 Å². The van der Waals surface area contributed by atoms with E-state index < -0.39 is 20.0 Å². The minimum Gasteiger partial charge on any atom is -0.456 e. The van der Waals surface area contributed by atoms with Crippen LogP contribution in [0.2, 0.25) is 0 Å². The van der Waals surface area contributed by atoms with Gasteiger partial charge in [0, 0.05) is 12.8 Å². The quantitative estimate of drug-likeness (QED) is 0.0156. The molecule has 0 aromatic heterocycles. The summed E-state index contributed by atoms with van der Waals surface area (Å²) in [5.74, 6) is -0.565. The highest BCUT2D eigenvalue weighted by Gasteiger charge is 2.30. The van der Waals surface area contributed by atoms with Gasteiger partial charge in [-0.2, -0.15) is 0 Å². The molecule has 0 spiro atoms. The molecule has 0 aliphatic heterocycles. The van der Waals surface area contributed by atoms with Crippen molar-refractivity contribution in [2.45, 2.75) is 232 Å². The molecule has 0 rings (SSSR count). The van der Waals surface area contributed by atoms with Crippen LogP contribution in [0, 0.1) is 0 Å². The summed E-state index contributed by atoms with van der Waals surface area (Å²) in [7, 11) is 1.45. The van der Waals surface area contributed by atoms with Crippen LogP contribution in [0.5, 0.6) is 0 Å². The molecule has 0 aliphatic rings. The van der Waals surface area contributed by atoms with Crippen LogP contribution in [-0.2, 0) is 27.9 Å². The normalized spacial score (nSPS) is 14.6. The number of carbonyl (C=O) groups is 2. The lowest BCUT2D eigenvalue weighted by molar-refractivity contribution is -0.870. The van der Waals surface area contributed by atoms with Crippen molar-refractivity contribution in [1.82, 2.24) is 5.32 Å². The van der Waals surface area contributed by atoms with E-state index in [4.69, 9.17) is 13.8 Å². The first-order valence-corrected chi connectivity index (χ1v) is 30.2. The van der Waals surface area contributed by atoms with Gasteiger partial charge in [-0.05, 0) is 96.0 Å². The lowest BCUT2D eigenvalue weighted by Crippen LogP contribution is -2.47. The van der Waals surface area contributed by atoms with E-state index in [1.54, 1.807) is 0 Å². The third-order valence-electron chi connectivity index (χ3n) is 12.0. The van der Waals surface area contributed by atoms with Crippen molar-refractivity contribution >= 4 is 19.7 Å². The summed E-state index contributed by atoms with van der Waals surface area (Å²) >= 11 is 0. The molecule has 3 atom stereocenters. The highest BCUT2D eigenvalue weighted by molar-refractivity contribution is 7.47. The Morgan fingerprint density at radius 3 is 1.50 bits per heavy atom. The molecule has 0 aliphatic carbocycles. The van der Waals surface area contributed by atoms with Crippen molar-refractivity contribution in [3.63, 3.8) is 0 Å². The van der Waals surface area contributed by atoms with E-state index in [2.05, 4.69) is 123 Å². The van der Waals surface area contributed by atoms with Gasteiger partial charge in [0.1, 0.15) is 19.3 Å². The Balaban J connectivity index is 5.42. The van der Waals surface area contributed by atoms with Gasteiger partial charge < -0.3 is 19.4 Å². The first-order chi connectivity index (χ1) is 34.9. The van der Waals surface area contributed by atoms with Crippen LogP contribution in [0.15, 0.2) is 109 Å². The Labute approximate surface area is 442 Å². The number of esters is 1. The SMILES string of the molecule is CC/C=C\C/C=C\C/C=C\C/C=C\C/C=C\CCCCCC(=O)NC(COP(=O)(O)OCC[N+](C)(C)C)C(/C=C\CCCCCCCCCCCC)OC(=O)CCCCCCCCC/C=C/C=C/C=C/CC. The monoisotopic (exact) mass is 1020 g/mol. The third kappa shape index (κ3) is 51.6. The minimum atomic E-state index is -4.46. The fourth-order valence-corrected chi connectivity index (χ4v) is 8.35. The molecule has 0 heterocycles. The number of quaternary nitrogens is 1. The molecule has 2 N–H and O–H groups in total. The number of hydrogen-bond acceptors (Lipinski definition) is 6. The topological polar surface area (TPSA) is 111 Å². The number of likely N-dealkylation sites (N-methyl/N-ethyl adjacent to an activating group) is 1. The molecule has 0 radical (unpaired) electrons. The summed E-state index contributed by atoms with van der Waals surface area (Å²) in [4.78, 5) is 37.6. The Bertz CT molecular complexity index is 1600. The van der Waals surface area contributed by atoms with E-state index in [1.165, 1.54) is 70.6 Å². The second-order valence-corrected chi connectivity index (χ2v) is 21.6. The van der Waals surface area contributed by atoms with Gasteiger partial charge in [-0.15, -0.1) is 0 Å². The average Bonchev–Trinajstić information content (AvgIpc) is 3.34. The molecular weight excluding hydrogens is 916 g/mol. The van der Waals surface area contributed by atoms with E-state index in [1.807, 2.05) is 33.3 Å². The molecule has 3 unspecified atom stereocenters. The van der Waals surface area contributed by atoms with E-state index in [0.717, 1.165) is 103 Å². The number of allylic oxidation sites excluding steroid dienone is 17. The van der Waals surface area contributed by atoms with E-state index in [-0.39, 0.29) is 37.9 Å². The predicted molar refractivity (Wildman–Crippen MR) is 309 cm³/mol. The molecule has 0 aromatic carbocycles. The van der Waals surface area contributed by atoms with Crippen molar-refractivity contribution in [3.05, 3.63) is 109 Å². The number of amides is 1. The zero-order valence-electron chi connectivity index (χ0n) is 46.9. The van der Waals surface area contributed by atoms with Gasteiger partial charge in [0.25, 0.3) is 0 Å². The zero-order chi connectivity index (χ0) is 52.9. The van der Waals surface area contributed by atoms with Gasteiger partial charge in [-0.25, -0.2) is 4.57 Å². The molecule has 0 fully saturated rings. The lowest BCUT2D eigenvalue weighted by atomic mass is 10.0. The van der Waals surface area contributed by atoms with Crippen molar-refractivity contribution in [1.29, 1.82) is 0 Å². The Morgan fingerprint density at radius 2 is 0.958 bits per heavy atom. The molecule has 412 valence electrons. The standard InChI is InChI=1S/C62H107N2O7P/c1-7-10-13-16-19-22-25-28-30-31-32-33-35-36-39-42-45-48-51-54-61(65)63-59(58-70-72(67,68)69-57-56-64(4,5)6)60(53-50-47-44-41-38-27-24-21-18-15-12-9-3)71-62(66)55-52-49-46-43-40-37-34-29-26-23-20-17-14-11-8-2/h10-11,13-14,17,19-20,22-23,26,28,30,32-33,36,39,50,53,59-60H,7-9,12,15-16,18,21,24-25,27,29,31,34-35,37-38,40-49,51-52,54-58H2,1-6H3,(H-,63,65,67,68)/p+1/b13-10-,14-11+,20-17+,22-19-,26-23+,30-28-,33-32-,39-36-,53-50-. The fourth-order valence-electron chi connectivity index (χ4n) is 7.61. The minimum absolute atomic E-state index is 0.0255. The third-order valence-corrected chi connectivity index (χ3v) is 13.0. The summed E-state index contributed by atoms with van der Waals surface area (Å²) in [6.45, 7) is 6.71. The molecule has 72 heavy (non-hydrogen) atoms. The van der Waals surface area contributed by atoms with Gasteiger partial charge in [0.05, 0.1) is 33.8 Å². The number of rotatable bonds is 50. The maximum atomic E-state index is 13.5. The summed E-state index contributed by atoms with van der Waals surface area (Å²) in [6, 6.07) is -0.877. The summed E-state index contributed by atoms with van der Waals surface area (Å²) in [5.41, 5.74) is 0. The second kappa shape index (κ2) is 51.2. The summed E-state index contributed by atoms with van der Waals surface area (Å²) < 4.78 is 30.6. The molecule has 0 bridgehead atoms. The highest BCUT2D eigenvalue weighted by Crippen LogP contribution is 2.43. The van der Waals surface area contributed by atoms with Crippen LogP contribution in [-0.4, -0.2) is 74.3 Å². The first-order valence-electron chi connectivity index (χ1n) is 28.7. The van der Waals surface area contributed by atoms with Crippen LogP contribution in [0.25, 0.3) is 0 Å². The zero-order valence-corrected chi connectivity index (χ0v) is 47.8. The maximum absolute atomic E-state index is 13.5. The van der Waals surface area contributed by atoms with Crippen LogP contribution in [0.4, 0.5) is 0 Å². The second-order valence-electron chi connectivity index (χ2n) is 20.1. The Hall–Kier alpha value is -3.33. The lowest BCUT2D eigenvalue weighted by Gasteiger charge is -2.27. The van der Waals surface area contributed by atoms with Crippen molar-refractivity contribution in [3.8, 4) is 0 Å². The van der Waals surface area contributed by atoms with E-state index in [9.17, 15) is 19.0 Å². The number of phosphoric ester groups is 1.